The molecule has 0 fully saturated rings. The number of nitrogens with zero attached hydrogens (tertiary/aromatic N) is 3. The summed E-state index contributed by atoms with van der Waals surface area (Å²) in [5, 5.41) is 15.3. The van der Waals surface area contributed by atoms with Crippen molar-refractivity contribution in [3.05, 3.63) is 41.9 Å². The Bertz CT molecular complexity index is 817. The smallest absolute Gasteiger partial charge is 0.287 e. The van der Waals surface area contributed by atoms with Gasteiger partial charge in [0.25, 0.3) is 11.8 Å². The highest BCUT2D eigenvalue weighted by atomic mass is 16.2. The zero-order valence-electron chi connectivity index (χ0n) is 12.1. The van der Waals surface area contributed by atoms with Gasteiger partial charge in [0.2, 0.25) is 5.71 Å². The van der Waals surface area contributed by atoms with Gasteiger partial charge in [0.15, 0.2) is 5.82 Å². The first-order valence-electron chi connectivity index (χ1n) is 6.47. The minimum absolute atomic E-state index is 0.00893. The monoisotopic (exact) mass is 311 g/mol. The van der Waals surface area contributed by atoms with E-state index in [9.17, 15) is 9.59 Å². The molecule has 2 rings (SSSR count). The maximum absolute atomic E-state index is 12.0. The van der Waals surface area contributed by atoms with Crippen molar-refractivity contribution < 1.29 is 9.59 Å². The zero-order valence-corrected chi connectivity index (χ0v) is 12.1. The van der Waals surface area contributed by atoms with Gasteiger partial charge in [-0.15, -0.1) is 0 Å². The highest BCUT2D eigenvalue weighted by Gasteiger charge is 2.14. The molecule has 0 aliphatic heterocycles. The van der Waals surface area contributed by atoms with E-state index in [0.29, 0.717) is 5.69 Å². The highest BCUT2D eigenvalue weighted by molar-refractivity contribution is 6.48. The van der Waals surface area contributed by atoms with Crippen LogP contribution in [0, 0.1) is 18.3 Å². The number of hydrazone groups is 1. The lowest BCUT2D eigenvalue weighted by atomic mass is 10.2. The van der Waals surface area contributed by atoms with Crippen molar-refractivity contribution in [3.63, 3.8) is 0 Å². The largest absolute Gasteiger partial charge is 0.364 e. The van der Waals surface area contributed by atoms with Crippen LogP contribution in [-0.4, -0.2) is 27.5 Å². The fourth-order valence-electron chi connectivity index (χ4n) is 1.70. The minimum atomic E-state index is -0.747. The molecule has 0 bridgehead atoms. The molecule has 2 aromatic rings. The molecule has 9 nitrogen and oxygen atoms in total. The molecule has 0 aliphatic rings. The van der Waals surface area contributed by atoms with Crippen LogP contribution in [0.25, 0.3) is 0 Å². The average molecular weight is 311 g/mol. The van der Waals surface area contributed by atoms with Gasteiger partial charge in [-0.3, -0.25) is 15.0 Å². The summed E-state index contributed by atoms with van der Waals surface area (Å²) in [6, 6.07) is 8.78. The van der Waals surface area contributed by atoms with Crippen molar-refractivity contribution in [2.24, 2.45) is 10.8 Å². The number of carbonyl (C=O) groups is 2. The SMILES string of the molecule is Cc1ccccc1NC(=O)/C(C#N)=N/Nc1nc[nH]c1C(N)=O. The summed E-state index contributed by atoms with van der Waals surface area (Å²) >= 11 is 0. The van der Waals surface area contributed by atoms with Crippen LogP contribution in [0.4, 0.5) is 11.5 Å². The van der Waals surface area contributed by atoms with E-state index >= 15 is 0 Å². The first kappa shape index (κ1) is 15.7. The number of anilines is 2. The number of rotatable bonds is 5. The van der Waals surface area contributed by atoms with Gasteiger partial charge in [0, 0.05) is 5.69 Å². The number of benzene rings is 1. The number of nitriles is 1. The predicted molar refractivity (Wildman–Crippen MR) is 83.6 cm³/mol. The second kappa shape index (κ2) is 6.86. The van der Waals surface area contributed by atoms with Crippen molar-refractivity contribution in [1.82, 2.24) is 9.97 Å². The third-order valence-corrected chi connectivity index (χ3v) is 2.87. The van der Waals surface area contributed by atoms with E-state index in [1.807, 2.05) is 19.1 Å². The lowest BCUT2D eigenvalue weighted by Gasteiger charge is -2.06. The first-order chi connectivity index (χ1) is 11.0. The molecule has 9 heteroatoms. The molecule has 0 saturated heterocycles. The second-order valence-corrected chi connectivity index (χ2v) is 4.44. The Labute approximate surface area is 131 Å². The number of nitrogens with two attached hydrogens (primary N) is 1. The maximum Gasteiger partial charge on any atom is 0.287 e. The van der Waals surface area contributed by atoms with Crippen LogP contribution in [0.3, 0.4) is 0 Å². The number of nitrogens with one attached hydrogen (secondary N) is 3. The Morgan fingerprint density at radius 3 is 2.78 bits per heavy atom. The summed E-state index contributed by atoms with van der Waals surface area (Å²) < 4.78 is 0. The second-order valence-electron chi connectivity index (χ2n) is 4.44. The fourth-order valence-corrected chi connectivity index (χ4v) is 1.70. The van der Waals surface area contributed by atoms with Crippen LogP contribution in [0.5, 0.6) is 0 Å². The number of hydrogen-bond acceptors (Lipinski definition) is 6. The third-order valence-electron chi connectivity index (χ3n) is 2.87. The number of aromatic amines is 1. The van der Waals surface area contributed by atoms with E-state index in [1.54, 1.807) is 18.2 Å². The average Bonchev–Trinajstić information content (AvgIpc) is 2.99. The number of para-hydroxylation sites is 1. The van der Waals surface area contributed by atoms with Gasteiger partial charge in [-0.1, -0.05) is 18.2 Å². The summed E-state index contributed by atoms with van der Waals surface area (Å²) in [5.41, 5.74) is 8.48. The highest BCUT2D eigenvalue weighted by Crippen LogP contribution is 2.13. The number of hydrogen-bond donors (Lipinski definition) is 4. The number of amides is 2. The number of aryl methyl sites for hydroxylation is 1. The lowest BCUT2D eigenvalue weighted by molar-refractivity contribution is -0.110. The maximum atomic E-state index is 12.0. The number of aromatic nitrogens is 2. The van der Waals surface area contributed by atoms with Crippen LogP contribution < -0.4 is 16.5 Å². The Kier molecular flexibility index (Phi) is 4.69. The topological polar surface area (TPSA) is 149 Å². The molecule has 5 N–H and O–H groups in total. The van der Waals surface area contributed by atoms with E-state index in [4.69, 9.17) is 11.0 Å². The van der Waals surface area contributed by atoms with Crippen molar-refractivity contribution in [2.75, 3.05) is 10.7 Å². The number of H-pyrrole nitrogens is 1. The van der Waals surface area contributed by atoms with Gasteiger partial charge in [-0.05, 0) is 18.6 Å². The quantitative estimate of drug-likeness (QED) is 0.474. The lowest BCUT2D eigenvalue weighted by Crippen LogP contribution is -2.23. The molecule has 1 aromatic heterocycles. The molecule has 0 unspecified atom stereocenters. The van der Waals surface area contributed by atoms with Crippen molar-refractivity contribution in [1.29, 1.82) is 5.26 Å². The molecule has 1 aromatic carbocycles. The minimum Gasteiger partial charge on any atom is -0.364 e. The number of carbonyl (C=O) groups excluding carboxylic acids is 2. The van der Waals surface area contributed by atoms with Crippen molar-refractivity contribution >= 4 is 29.0 Å². The van der Waals surface area contributed by atoms with Crippen LogP contribution in [-0.2, 0) is 4.79 Å². The van der Waals surface area contributed by atoms with E-state index in [0.717, 1.165) is 5.56 Å². The van der Waals surface area contributed by atoms with E-state index in [-0.39, 0.29) is 11.5 Å². The van der Waals surface area contributed by atoms with Crippen LogP contribution >= 0.6 is 0 Å². The zero-order chi connectivity index (χ0) is 16.8. The van der Waals surface area contributed by atoms with Crippen molar-refractivity contribution in [3.8, 4) is 6.07 Å². The molecule has 2 amide bonds. The van der Waals surface area contributed by atoms with E-state index < -0.39 is 17.5 Å². The Morgan fingerprint density at radius 2 is 2.13 bits per heavy atom. The van der Waals surface area contributed by atoms with Gasteiger partial charge >= 0.3 is 0 Å². The Hall–Kier alpha value is -3.67. The fraction of sp³-hybridized carbons (Fsp3) is 0.0714. The number of imidazole rings is 1. The van der Waals surface area contributed by atoms with Gasteiger partial charge in [-0.2, -0.15) is 10.4 Å². The summed E-state index contributed by atoms with van der Waals surface area (Å²) in [4.78, 5) is 29.5. The van der Waals surface area contributed by atoms with Crippen LogP contribution in [0.1, 0.15) is 16.1 Å². The van der Waals surface area contributed by atoms with Gasteiger partial charge < -0.3 is 16.0 Å². The molecule has 0 atom stereocenters. The first-order valence-corrected chi connectivity index (χ1v) is 6.47. The van der Waals surface area contributed by atoms with Gasteiger partial charge in [0.05, 0.1) is 6.33 Å². The molecular formula is C14H13N7O2. The van der Waals surface area contributed by atoms with E-state index in [2.05, 4.69) is 25.8 Å². The molecule has 23 heavy (non-hydrogen) atoms. The standard InChI is InChI=1S/C14H13N7O2/c1-8-4-2-3-5-9(8)19-14(23)10(6-15)20-21-13-11(12(16)22)17-7-18-13/h2-5,7,21H,1H3,(H2,16,22)(H,17,18)(H,19,23)/b20-10+. The van der Waals surface area contributed by atoms with Gasteiger partial charge in [-0.25, -0.2) is 4.98 Å². The normalized spacial score (nSPS) is 10.7. The van der Waals surface area contributed by atoms with E-state index in [1.165, 1.54) is 6.33 Å². The summed E-state index contributed by atoms with van der Waals surface area (Å²) in [6.45, 7) is 1.82. The third kappa shape index (κ3) is 3.70. The summed E-state index contributed by atoms with van der Waals surface area (Å²) in [6.07, 6.45) is 1.23. The van der Waals surface area contributed by atoms with Crippen molar-refractivity contribution in [2.45, 2.75) is 6.92 Å². The number of primary amides is 1. The van der Waals surface area contributed by atoms with Crippen LogP contribution in [0.15, 0.2) is 35.7 Å². The molecule has 1 heterocycles. The molecule has 0 spiro atoms. The Balaban J connectivity index is 2.14. The predicted octanol–water partition coefficient (Wildman–Crippen LogP) is 0.747. The Morgan fingerprint density at radius 1 is 1.39 bits per heavy atom. The molecular weight excluding hydrogens is 298 g/mol. The molecule has 116 valence electrons. The van der Waals surface area contributed by atoms with Gasteiger partial charge in [0.1, 0.15) is 11.8 Å². The molecule has 0 radical (unpaired) electrons. The van der Waals surface area contributed by atoms with Crippen LogP contribution in [0.2, 0.25) is 0 Å². The molecule has 0 saturated carbocycles. The summed E-state index contributed by atoms with van der Waals surface area (Å²) in [7, 11) is 0. The summed E-state index contributed by atoms with van der Waals surface area (Å²) in [5.74, 6) is -1.41. The molecule has 0 aliphatic carbocycles.